The van der Waals surface area contributed by atoms with Gasteiger partial charge in [-0.25, -0.2) is 0 Å². The molecule has 3 rings (SSSR count). The molecule has 0 spiro atoms. The number of fused-ring (bicyclic) bond motifs is 1. The molecule has 0 fully saturated rings. The van der Waals surface area contributed by atoms with Gasteiger partial charge in [0, 0.05) is 17.1 Å². The Labute approximate surface area is 130 Å². The molecule has 1 aliphatic rings. The minimum Gasteiger partial charge on any atom is -0.484 e. The second-order valence-electron chi connectivity index (χ2n) is 5.65. The molecule has 2 aromatic rings. The van der Waals surface area contributed by atoms with E-state index in [4.69, 9.17) is 20.8 Å². The fraction of sp³-hybridized carbons (Fsp3) is 0.412. The fourth-order valence-corrected chi connectivity index (χ4v) is 3.08. The largest absolute Gasteiger partial charge is 0.484 e. The van der Waals surface area contributed by atoms with E-state index in [2.05, 4.69) is 24.9 Å². The lowest BCUT2D eigenvalue weighted by Crippen LogP contribution is -2.32. The summed E-state index contributed by atoms with van der Waals surface area (Å²) < 4.78 is 12.0. The number of furan rings is 1. The van der Waals surface area contributed by atoms with Crippen molar-refractivity contribution in [1.82, 2.24) is 4.90 Å². The summed E-state index contributed by atoms with van der Waals surface area (Å²) in [5, 5.41) is 0.797. The van der Waals surface area contributed by atoms with Crippen LogP contribution in [0.25, 0.3) is 0 Å². The first-order valence-corrected chi connectivity index (χ1v) is 7.67. The van der Waals surface area contributed by atoms with Gasteiger partial charge in [-0.05, 0) is 50.2 Å². The van der Waals surface area contributed by atoms with E-state index in [1.165, 1.54) is 5.56 Å². The molecular weight excluding hydrogens is 286 g/mol. The van der Waals surface area contributed by atoms with Crippen LogP contribution in [0.15, 0.2) is 28.7 Å². The molecule has 4 heteroatoms. The van der Waals surface area contributed by atoms with Crippen LogP contribution in [0.3, 0.4) is 0 Å². The van der Waals surface area contributed by atoms with Crippen LogP contribution in [-0.2, 0) is 13.0 Å². The average Bonchev–Trinajstić information content (AvgIpc) is 2.81. The average molecular weight is 306 g/mol. The Morgan fingerprint density at radius 3 is 2.95 bits per heavy atom. The highest BCUT2D eigenvalue weighted by molar-refractivity contribution is 6.31. The quantitative estimate of drug-likeness (QED) is 0.842. The Bertz CT molecular complexity index is 650. The number of nitrogens with zero attached hydrogens (tertiary/aromatic N) is 1. The number of hydrogen-bond donors (Lipinski definition) is 0. The topological polar surface area (TPSA) is 25.6 Å². The third kappa shape index (κ3) is 2.94. The highest BCUT2D eigenvalue weighted by atomic mass is 35.5. The smallest absolute Gasteiger partial charge is 0.140 e. The number of aryl methyl sites for hydroxylation is 2. The maximum absolute atomic E-state index is 6.20. The fourth-order valence-electron chi connectivity index (χ4n) is 2.83. The second-order valence-corrected chi connectivity index (χ2v) is 6.05. The van der Waals surface area contributed by atoms with Crippen LogP contribution < -0.4 is 4.74 Å². The molecule has 0 aliphatic carbocycles. The molecule has 0 bridgehead atoms. The molecule has 2 heterocycles. The Morgan fingerprint density at radius 2 is 2.19 bits per heavy atom. The van der Waals surface area contributed by atoms with Gasteiger partial charge in [-0.15, -0.1) is 0 Å². The number of halogens is 1. The molecule has 0 saturated heterocycles. The summed E-state index contributed by atoms with van der Waals surface area (Å²) >= 11 is 6.17. The van der Waals surface area contributed by atoms with Crippen LogP contribution in [0.4, 0.5) is 0 Å². The summed E-state index contributed by atoms with van der Waals surface area (Å²) in [4.78, 5) is 2.21. The molecule has 1 aliphatic heterocycles. The van der Waals surface area contributed by atoms with E-state index in [9.17, 15) is 0 Å². The van der Waals surface area contributed by atoms with Crippen LogP contribution in [0.1, 0.15) is 35.7 Å². The maximum Gasteiger partial charge on any atom is 0.140 e. The predicted octanol–water partition coefficient (Wildman–Crippen LogP) is 4.37. The Balaban J connectivity index is 1.88. The lowest BCUT2D eigenvalue weighted by atomic mass is 10.0. The lowest BCUT2D eigenvalue weighted by molar-refractivity contribution is 0.119. The summed E-state index contributed by atoms with van der Waals surface area (Å²) in [6, 6.07) is 7.96. The lowest BCUT2D eigenvalue weighted by Gasteiger charge is -2.29. The van der Waals surface area contributed by atoms with Crippen molar-refractivity contribution in [3.8, 4) is 5.75 Å². The van der Waals surface area contributed by atoms with Crippen molar-refractivity contribution in [1.29, 1.82) is 0 Å². The number of rotatable bonds is 3. The summed E-state index contributed by atoms with van der Waals surface area (Å²) in [6.45, 7) is 5.77. The van der Waals surface area contributed by atoms with E-state index >= 15 is 0 Å². The van der Waals surface area contributed by atoms with Crippen molar-refractivity contribution < 1.29 is 9.15 Å². The monoisotopic (exact) mass is 305 g/mol. The standard InChI is InChI=1S/C17H20ClNO2/c1-4-12-8-13(5-6-15(12)18)21-17-10-19(3)9-16-14(17)7-11(2)20-16/h5-8,17H,4,9-10H2,1-3H3. The van der Waals surface area contributed by atoms with E-state index in [0.29, 0.717) is 0 Å². The molecule has 0 N–H and O–H groups in total. The van der Waals surface area contributed by atoms with Gasteiger partial charge in [-0.3, -0.25) is 4.90 Å². The molecule has 1 aromatic heterocycles. The zero-order valence-electron chi connectivity index (χ0n) is 12.6. The van der Waals surface area contributed by atoms with E-state index in [1.807, 2.05) is 25.1 Å². The summed E-state index contributed by atoms with van der Waals surface area (Å²) in [5.74, 6) is 2.81. The summed E-state index contributed by atoms with van der Waals surface area (Å²) in [7, 11) is 2.08. The van der Waals surface area contributed by atoms with Gasteiger partial charge in [0.15, 0.2) is 0 Å². The van der Waals surface area contributed by atoms with Crippen molar-refractivity contribution in [2.45, 2.75) is 32.9 Å². The Morgan fingerprint density at radius 1 is 1.38 bits per heavy atom. The molecule has 1 unspecified atom stereocenters. The first-order chi connectivity index (χ1) is 10.1. The van der Waals surface area contributed by atoms with E-state index in [-0.39, 0.29) is 6.10 Å². The van der Waals surface area contributed by atoms with Gasteiger partial charge in [0.25, 0.3) is 0 Å². The number of benzene rings is 1. The molecule has 0 amide bonds. The molecular formula is C17H20ClNO2. The number of hydrogen-bond acceptors (Lipinski definition) is 3. The zero-order chi connectivity index (χ0) is 15.0. The van der Waals surface area contributed by atoms with Crippen LogP contribution in [0.2, 0.25) is 5.02 Å². The first-order valence-electron chi connectivity index (χ1n) is 7.29. The van der Waals surface area contributed by atoms with Crippen LogP contribution >= 0.6 is 11.6 Å². The van der Waals surface area contributed by atoms with Crippen LogP contribution in [-0.4, -0.2) is 18.5 Å². The molecule has 3 nitrogen and oxygen atoms in total. The maximum atomic E-state index is 6.20. The number of likely N-dealkylation sites (N-methyl/N-ethyl adjacent to an activating group) is 1. The molecule has 1 aromatic carbocycles. The SMILES string of the molecule is CCc1cc(OC2CN(C)Cc3oc(C)cc32)ccc1Cl. The van der Waals surface area contributed by atoms with Gasteiger partial charge in [0.05, 0.1) is 6.54 Å². The summed E-state index contributed by atoms with van der Waals surface area (Å²) in [6.07, 6.45) is 0.901. The highest BCUT2D eigenvalue weighted by Gasteiger charge is 2.28. The van der Waals surface area contributed by atoms with Crippen LogP contribution in [0, 0.1) is 6.92 Å². The minimum absolute atomic E-state index is 0.00193. The van der Waals surface area contributed by atoms with Crippen molar-refractivity contribution in [2.24, 2.45) is 0 Å². The van der Waals surface area contributed by atoms with Crippen molar-refractivity contribution in [3.05, 3.63) is 51.9 Å². The van der Waals surface area contributed by atoms with Crippen molar-refractivity contribution >= 4 is 11.6 Å². The highest BCUT2D eigenvalue weighted by Crippen LogP contribution is 2.33. The predicted molar refractivity (Wildman–Crippen MR) is 84.0 cm³/mol. The van der Waals surface area contributed by atoms with E-state index in [0.717, 1.165) is 47.4 Å². The third-order valence-corrected chi connectivity index (χ3v) is 4.25. The zero-order valence-corrected chi connectivity index (χ0v) is 13.4. The number of ether oxygens (including phenoxy) is 1. The minimum atomic E-state index is 0.00193. The van der Waals surface area contributed by atoms with Crippen molar-refractivity contribution in [3.63, 3.8) is 0 Å². The van der Waals surface area contributed by atoms with E-state index < -0.39 is 0 Å². The molecule has 1 atom stereocenters. The molecule has 21 heavy (non-hydrogen) atoms. The van der Waals surface area contributed by atoms with E-state index in [1.54, 1.807) is 0 Å². The normalized spacial score (nSPS) is 18.6. The van der Waals surface area contributed by atoms with Gasteiger partial charge < -0.3 is 9.15 Å². The first kappa shape index (κ1) is 14.5. The van der Waals surface area contributed by atoms with Gasteiger partial charge in [-0.1, -0.05) is 18.5 Å². The molecule has 112 valence electrons. The van der Waals surface area contributed by atoms with Gasteiger partial charge in [0.2, 0.25) is 0 Å². The van der Waals surface area contributed by atoms with Gasteiger partial charge in [0.1, 0.15) is 23.4 Å². The molecule has 0 radical (unpaired) electrons. The van der Waals surface area contributed by atoms with Crippen molar-refractivity contribution in [2.75, 3.05) is 13.6 Å². The van der Waals surface area contributed by atoms with Gasteiger partial charge >= 0.3 is 0 Å². The van der Waals surface area contributed by atoms with Crippen LogP contribution in [0.5, 0.6) is 5.75 Å². The summed E-state index contributed by atoms with van der Waals surface area (Å²) in [5.41, 5.74) is 2.28. The Hall–Kier alpha value is -1.45. The third-order valence-electron chi connectivity index (χ3n) is 3.88. The Kier molecular flexibility index (Phi) is 3.96. The molecule has 0 saturated carbocycles. The van der Waals surface area contributed by atoms with Gasteiger partial charge in [-0.2, -0.15) is 0 Å². The second kappa shape index (κ2) is 5.74.